The molecule has 0 aliphatic heterocycles. The van der Waals surface area contributed by atoms with E-state index in [2.05, 4.69) is 36.0 Å². The predicted molar refractivity (Wildman–Crippen MR) is 102 cm³/mol. The van der Waals surface area contributed by atoms with Crippen LogP contribution < -0.4 is 0 Å². The second-order valence-corrected chi connectivity index (χ2v) is 9.05. The number of ketones is 1. The first kappa shape index (κ1) is 20.6. The number of alkyl halides is 1. The number of rotatable bonds is 8. The Kier molecular flexibility index (Phi) is 7.28. The quantitative estimate of drug-likeness (QED) is 0.446. The summed E-state index contributed by atoms with van der Waals surface area (Å²) in [5, 5.41) is 10.3. The molecule has 0 heterocycles. The molecule has 1 unspecified atom stereocenters. The van der Waals surface area contributed by atoms with Crippen molar-refractivity contribution in [3.8, 4) is 0 Å². The Balaban J connectivity index is 2.89. The van der Waals surface area contributed by atoms with Crippen LogP contribution in [0.4, 0.5) is 0 Å². The number of hydrogen-bond acceptors (Lipinski definition) is 2. The van der Waals surface area contributed by atoms with Crippen molar-refractivity contribution in [2.24, 2.45) is 17.3 Å². The summed E-state index contributed by atoms with van der Waals surface area (Å²) in [6.07, 6.45) is 6.76. The summed E-state index contributed by atoms with van der Waals surface area (Å²) >= 11 is 3.87. The molecule has 0 spiro atoms. The fourth-order valence-electron chi connectivity index (χ4n) is 3.59. The lowest BCUT2D eigenvalue weighted by atomic mass is 9.61. The normalized spacial score (nSPS) is 31.0. The first-order chi connectivity index (χ1) is 10.5. The van der Waals surface area contributed by atoms with Crippen molar-refractivity contribution in [3.05, 3.63) is 24.8 Å². The van der Waals surface area contributed by atoms with Crippen molar-refractivity contribution >= 4 is 21.7 Å². The van der Waals surface area contributed by atoms with Crippen LogP contribution in [0.25, 0.3) is 0 Å². The van der Waals surface area contributed by atoms with Crippen LogP contribution in [0.15, 0.2) is 24.8 Å². The molecule has 0 amide bonds. The van der Waals surface area contributed by atoms with Gasteiger partial charge in [-0.15, -0.1) is 6.58 Å². The Hall–Kier alpha value is -0.410. The Morgan fingerprint density at radius 3 is 2.70 bits per heavy atom. The van der Waals surface area contributed by atoms with Gasteiger partial charge in [0, 0.05) is 17.2 Å². The van der Waals surface area contributed by atoms with Crippen molar-refractivity contribution in [3.63, 3.8) is 0 Å². The zero-order valence-electron chi connectivity index (χ0n) is 15.2. The maximum absolute atomic E-state index is 12.1. The summed E-state index contributed by atoms with van der Waals surface area (Å²) in [6, 6.07) is 0. The van der Waals surface area contributed by atoms with Crippen LogP contribution >= 0.6 is 15.9 Å². The lowest BCUT2D eigenvalue weighted by molar-refractivity contribution is -0.122. The average molecular weight is 385 g/mol. The average Bonchev–Trinajstić information content (AvgIpc) is 2.48. The minimum Gasteiger partial charge on any atom is -0.386 e. The number of carbonyl (C=O) groups excluding carboxylic acids is 1. The van der Waals surface area contributed by atoms with Crippen molar-refractivity contribution in [2.75, 3.05) is 0 Å². The lowest BCUT2D eigenvalue weighted by Gasteiger charge is -2.47. The van der Waals surface area contributed by atoms with E-state index in [1.165, 1.54) is 5.57 Å². The minimum absolute atomic E-state index is 0.0110. The third kappa shape index (κ3) is 5.29. The molecule has 132 valence electrons. The van der Waals surface area contributed by atoms with Gasteiger partial charge >= 0.3 is 0 Å². The molecule has 1 saturated carbocycles. The molecule has 0 radical (unpaired) electrons. The molecule has 0 bridgehead atoms. The number of carbonyl (C=O) groups is 1. The monoisotopic (exact) mass is 384 g/mol. The van der Waals surface area contributed by atoms with Crippen molar-refractivity contribution in [1.82, 2.24) is 0 Å². The van der Waals surface area contributed by atoms with Gasteiger partial charge in [-0.2, -0.15) is 0 Å². The number of halogens is 1. The molecule has 1 fully saturated rings. The Labute approximate surface area is 150 Å². The van der Waals surface area contributed by atoms with Gasteiger partial charge in [0.25, 0.3) is 0 Å². The number of hydrogen-bond donors (Lipinski definition) is 1. The first-order valence-corrected chi connectivity index (χ1v) is 9.65. The van der Waals surface area contributed by atoms with Crippen LogP contribution in [0, 0.1) is 17.3 Å². The van der Waals surface area contributed by atoms with Crippen LogP contribution in [0.5, 0.6) is 0 Å². The SMILES string of the molecule is C=CC(C)(O)CC[C@@H]1C(=C)CC[C@H](Br)[C@@]1(C)CCC(=O)C(C)C. The second kappa shape index (κ2) is 8.11. The van der Waals surface area contributed by atoms with Gasteiger partial charge in [-0.25, -0.2) is 0 Å². The van der Waals surface area contributed by atoms with Gasteiger partial charge in [-0.05, 0) is 50.4 Å². The summed E-state index contributed by atoms with van der Waals surface area (Å²) in [5.74, 6) is 0.755. The van der Waals surface area contributed by atoms with Crippen LogP contribution in [-0.4, -0.2) is 21.3 Å². The maximum atomic E-state index is 12.1. The van der Waals surface area contributed by atoms with E-state index in [1.807, 2.05) is 13.8 Å². The molecule has 2 nitrogen and oxygen atoms in total. The highest BCUT2D eigenvalue weighted by atomic mass is 79.9. The zero-order valence-corrected chi connectivity index (χ0v) is 16.8. The highest BCUT2D eigenvalue weighted by Crippen LogP contribution is 2.52. The highest BCUT2D eigenvalue weighted by Gasteiger charge is 2.44. The van der Waals surface area contributed by atoms with Gasteiger partial charge in [-0.3, -0.25) is 4.79 Å². The van der Waals surface area contributed by atoms with Crippen molar-refractivity contribution < 1.29 is 9.90 Å². The Bertz CT molecular complexity index is 453. The van der Waals surface area contributed by atoms with Gasteiger partial charge in [-0.1, -0.05) is 54.9 Å². The van der Waals surface area contributed by atoms with Gasteiger partial charge in [0.15, 0.2) is 0 Å². The fourth-order valence-corrected chi connectivity index (χ4v) is 4.36. The zero-order chi connectivity index (χ0) is 17.8. The molecule has 0 aromatic heterocycles. The minimum atomic E-state index is -0.839. The summed E-state index contributed by atoms with van der Waals surface area (Å²) in [6.45, 7) is 16.0. The Morgan fingerprint density at radius 1 is 1.57 bits per heavy atom. The van der Waals surface area contributed by atoms with Crippen LogP contribution in [0.3, 0.4) is 0 Å². The summed E-state index contributed by atoms with van der Waals surface area (Å²) in [4.78, 5) is 12.5. The molecule has 0 saturated heterocycles. The van der Waals surface area contributed by atoms with Crippen LogP contribution in [0.2, 0.25) is 0 Å². The molecular formula is C20H33BrO2. The molecule has 1 aliphatic carbocycles. The van der Waals surface area contributed by atoms with E-state index < -0.39 is 5.60 Å². The van der Waals surface area contributed by atoms with Crippen LogP contribution in [0.1, 0.15) is 66.2 Å². The van der Waals surface area contributed by atoms with Gasteiger partial charge in [0.1, 0.15) is 5.78 Å². The van der Waals surface area contributed by atoms with Gasteiger partial charge in [0.05, 0.1) is 5.60 Å². The molecule has 3 heteroatoms. The van der Waals surface area contributed by atoms with E-state index in [0.717, 1.165) is 25.7 Å². The number of Topliss-reactive ketones (excluding diaryl/α,β-unsaturated/α-hetero) is 1. The van der Waals surface area contributed by atoms with Crippen molar-refractivity contribution in [2.45, 2.75) is 76.6 Å². The van der Waals surface area contributed by atoms with E-state index in [4.69, 9.17) is 0 Å². The van der Waals surface area contributed by atoms with Crippen molar-refractivity contribution in [1.29, 1.82) is 0 Å². The molecule has 1 N–H and O–H groups in total. The summed E-state index contributed by atoms with van der Waals surface area (Å²) < 4.78 is 0. The van der Waals surface area contributed by atoms with Crippen LogP contribution in [-0.2, 0) is 4.79 Å². The van der Waals surface area contributed by atoms with E-state index in [1.54, 1.807) is 13.0 Å². The second-order valence-electron chi connectivity index (χ2n) is 7.94. The first-order valence-electron chi connectivity index (χ1n) is 8.74. The Morgan fingerprint density at radius 2 is 2.17 bits per heavy atom. The third-order valence-electron chi connectivity index (χ3n) is 5.66. The fraction of sp³-hybridized carbons (Fsp3) is 0.750. The largest absolute Gasteiger partial charge is 0.386 e. The molecule has 1 aliphatic rings. The molecule has 23 heavy (non-hydrogen) atoms. The molecule has 0 aromatic carbocycles. The third-order valence-corrected chi connectivity index (χ3v) is 7.16. The maximum Gasteiger partial charge on any atom is 0.135 e. The molecule has 1 rings (SSSR count). The topological polar surface area (TPSA) is 37.3 Å². The molecule has 4 atom stereocenters. The standard InChI is InChI=1S/C20H33BrO2/c1-7-19(5,23)12-10-16-15(4)8-9-18(21)20(16,6)13-11-17(22)14(2)3/h7,14,16,18,23H,1,4,8-13H2,2-3,5-6H3/t16-,18+,19?,20+/m1/s1. The van der Waals surface area contributed by atoms with Gasteiger partial charge in [0.2, 0.25) is 0 Å². The predicted octanol–water partition coefficient (Wildman–Crippen LogP) is 5.44. The molecule has 0 aromatic rings. The summed E-state index contributed by atoms with van der Waals surface area (Å²) in [5.41, 5.74) is 0.436. The smallest absolute Gasteiger partial charge is 0.135 e. The summed E-state index contributed by atoms with van der Waals surface area (Å²) in [7, 11) is 0. The number of allylic oxidation sites excluding steroid dienone is 1. The van der Waals surface area contributed by atoms with E-state index >= 15 is 0 Å². The van der Waals surface area contributed by atoms with E-state index in [0.29, 0.717) is 29.4 Å². The van der Waals surface area contributed by atoms with Gasteiger partial charge < -0.3 is 5.11 Å². The lowest BCUT2D eigenvalue weighted by Crippen LogP contribution is -2.42. The number of aliphatic hydroxyl groups is 1. The molecular weight excluding hydrogens is 352 g/mol. The van der Waals surface area contributed by atoms with E-state index in [9.17, 15) is 9.90 Å². The highest BCUT2D eigenvalue weighted by molar-refractivity contribution is 9.09. The van der Waals surface area contributed by atoms with E-state index in [-0.39, 0.29) is 11.3 Å².